The molecule has 3 rings (SSSR count). The van der Waals surface area contributed by atoms with Crippen LogP contribution in [-0.2, 0) is 14.8 Å². The van der Waals surface area contributed by atoms with Gasteiger partial charge in [0.2, 0.25) is 15.9 Å². The Kier molecular flexibility index (Phi) is 6.56. The molecule has 3 fully saturated rings. The zero-order valence-electron chi connectivity index (χ0n) is 14.3. The standard InChI is InChI=1S/C16H29N3O3S.ClH/c1-18-23(21,22)10-14-6-3-7-19(14)16(20)13-8-11-4-2-5-12(9-13)15(11)17;/h11-15,18H,2-10,17H2,1H3;1H. The fourth-order valence-corrected chi connectivity index (χ4v) is 5.88. The van der Waals surface area contributed by atoms with E-state index in [0.29, 0.717) is 18.4 Å². The number of hydrogen-bond donors (Lipinski definition) is 2. The molecule has 2 bridgehead atoms. The lowest BCUT2D eigenvalue weighted by atomic mass is 9.65. The monoisotopic (exact) mass is 379 g/mol. The summed E-state index contributed by atoms with van der Waals surface area (Å²) in [6, 6.07) is 0.0854. The van der Waals surface area contributed by atoms with Crippen molar-refractivity contribution in [2.24, 2.45) is 23.5 Å². The summed E-state index contributed by atoms with van der Waals surface area (Å²) in [4.78, 5) is 14.8. The summed E-state index contributed by atoms with van der Waals surface area (Å²) >= 11 is 0. The van der Waals surface area contributed by atoms with Gasteiger partial charge in [0.25, 0.3) is 0 Å². The van der Waals surface area contributed by atoms with E-state index in [9.17, 15) is 13.2 Å². The van der Waals surface area contributed by atoms with Crippen molar-refractivity contribution in [2.45, 2.75) is 57.0 Å². The summed E-state index contributed by atoms with van der Waals surface area (Å²) in [6.07, 6.45) is 6.96. The van der Waals surface area contributed by atoms with Gasteiger partial charge in [-0.25, -0.2) is 13.1 Å². The van der Waals surface area contributed by atoms with E-state index in [2.05, 4.69) is 4.72 Å². The van der Waals surface area contributed by atoms with Crippen LogP contribution in [-0.4, -0.2) is 50.7 Å². The van der Waals surface area contributed by atoms with E-state index in [0.717, 1.165) is 38.5 Å². The van der Waals surface area contributed by atoms with Gasteiger partial charge in [-0.2, -0.15) is 0 Å². The van der Waals surface area contributed by atoms with Crippen LogP contribution in [0.2, 0.25) is 0 Å². The first-order valence-corrected chi connectivity index (χ1v) is 10.5. The van der Waals surface area contributed by atoms with Crippen molar-refractivity contribution >= 4 is 28.3 Å². The molecule has 0 aromatic rings. The molecule has 3 unspecified atom stereocenters. The van der Waals surface area contributed by atoms with E-state index in [1.54, 1.807) is 0 Å². The molecule has 3 atom stereocenters. The van der Waals surface area contributed by atoms with Gasteiger partial charge in [-0.3, -0.25) is 4.79 Å². The number of hydrogen-bond acceptors (Lipinski definition) is 4. The molecule has 2 aliphatic carbocycles. The van der Waals surface area contributed by atoms with Crippen LogP contribution in [0.25, 0.3) is 0 Å². The van der Waals surface area contributed by atoms with E-state index in [1.165, 1.54) is 13.5 Å². The largest absolute Gasteiger partial charge is 0.338 e. The van der Waals surface area contributed by atoms with Gasteiger partial charge in [0.1, 0.15) is 0 Å². The van der Waals surface area contributed by atoms with E-state index in [-0.39, 0.29) is 42.1 Å². The van der Waals surface area contributed by atoms with Crippen LogP contribution in [0.1, 0.15) is 44.9 Å². The Balaban J connectivity index is 0.00000208. The van der Waals surface area contributed by atoms with Crippen LogP contribution in [0.3, 0.4) is 0 Å². The number of sulfonamides is 1. The number of carbonyl (C=O) groups is 1. The maximum Gasteiger partial charge on any atom is 0.225 e. The summed E-state index contributed by atoms with van der Waals surface area (Å²) in [5, 5.41) is 0. The lowest BCUT2D eigenvalue weighted by Crippen LogP contribution is -2.51. The lowest BCUT2D eigenvalue weighted by molar-refractivity contribution is -0.139. The minimum absolute atomic E-state index is 0. The average Bonchev–Trinajstić information content (AvgIpc) is 2.93. The fraction of sp³-hybridized carbons (Fsp3) is 0.938. The van der Waals surface area contributed by atoms with Gasteiger partial charge in [-0.1, -0.05) is 6.42 Å². The van der Waals surface area contributed by atoms with Crippen molar-refractivity contribution in [3.05, 3.63) is 0 Å². The van der Waals surface area contributed by atoms with E-state index in [1.807, 2.05) is 4.90 Å². The molecule has 24 heavy (non-hydrogen) atoms. The van der Waals surface area contributed by atoms with Crippen LogP contribution in [0.5, 0.6) is 0 Å². The zero-order chi connectivity index (χ0) is 16.6. The minimum atomic E-state index is -3.29. The topological polar surface area (TPSA) is 92.5 Å². The molecule has 1 aliphatic heterocycles. The predicted molar refractivity (Wildman–Crippen MR) is 96.4 cm³/mol. The highest BCUT2D eigenvalue weighted by molar-refractivity contribution is 7.89. The van der Waals surface area contributed by atoms with Crippen molar-refractivity contribution in [1.29, 1.82) is 0 Å². The smallest absolute Gasteiger partial charge is 0.225 e. The maximum atomic E-state index is 13.0. The first kappa shape index (κ1) is 19.9. The third-order valence-electron chi connectivity index (χ3n) is 6.15. The molecule has 3 aliphatic rings. The SMILES string of the molecule is CNS(=O)(=O)CC1CCCN1C(=O)C1CC2CCCC(C1)C2N.Cl. The molecule has 6 nitrogen and oxygen atoms in total. The third-order valence-corrected chi connectivity index (χ3v) is 7.59. The molecule has 1 amide bonds. The first-order valence-electron chi connectivity index (χ1n) is 8.88. The molecule has 0 aromatic heterocycles. The first-order chi connectivity index (χ1) is 10.9. The molecule has 2 saturated carbocycles. The number of halogens is 1. The average molecular weight is 380 g/mol. The summed E-state index contributed by atoms with van der Waals surface area (Å²) < 4.78 is 26.0. The second-order valence-electron chi connectivity index (χ2n) is 7.51. The maximum absolute atomic E-state index is 13.0. The summed E-state index contributed by atoms with van der Waals surface area (Å²) in [5.41, 5.74) is 6.32. The Morgan fingerprint density at radius 3 is 2.38 bits per heavy atom. The van der Waals surface area contributed by atoms with Gasteiger partial charge in [0.15, 0.2) is 0 Å². The number of carbonyl (C=O) groups excluding carboxylic acids is 1. The van der Waals surface area contributed by atoms with Crippen LogP contribution in [0, 0.1) is 17.8 Å². The molecule has 1 heterocycles. The predicted octanol–water partition coefficient (Wildman–Crippen LogP) is 1.10. The van der Waals surface area contributed by atoms with E-state index in [4.69, 9.17) is 5.73 Å². The van der Waals surface area contributed by atoms with Gasteiger partial charge in [0, 0.05) is 24.5 Å². The zero-order valence-corrected chi connectivity index (χ0v) is 15.9. The highest BCUT2D eigenvalue weighted by atomic mass is 35.5. The van der Waals surface area contributed by atoms with Gasteiger partial charge < -0.3 is 10.6 Å². The molecular weight excluding hydrogens is 350 g/mol. The Labute approximate surface area is 151 Å². The van der Waals surface area contributed by atoms with E-state index >= 15 is 0 Å². The molecule has 0 aromatic carbocycles. The highest BCUT2D eigenvalue weighted by Gasteiger charge is 2.43. The van der Waals surface area contributed by atoms with Crippen LogP contribution >= 0.6 is 12.4 Å². The summed E-state index contributed by atoms with van der Waals surface area (Å²) in [6.45, 7) is 0.695. The van der Waals surface area contributed by atoms with Crippen molar-refractivity contribution in [3.8, 4) is 0 Å². The molecule has 0 spiro atoms. The number of likely N-dealkylation sites (tertiary alicyclic amines) is 1. The van der Waals surface area contributed by atoms with Gasteiger partial charge >= 0.3 is 0 Å². The van der Waals surface area contributed by atoms with E-state index < -0.39 is 10.0 Å². The fourth-order valence-electron chi connectivity index (χ4n) is 4.86. The van der Waals surface area contributed by atoms with Crippen molar-refractivity contribution in [2.75, 3.05) is 19.3 Å². The number of nitrogens with two attached hydrogens (primary N) is 1. The van der Waals surface area contributed by atoms with Crippen molar-refractivity contribution in [3.63, 3.8) is 0 Å². The molecular formula is C16H30ClN3O3S. The Morgan fingerprint density at radius 2 is 1.79 bits per heavy atom. The molecule has 8 heteroatoms. The second-order valence-corrected chi connectivity index (χ2v) is 9.48. The summed E-state index contributed by atoms with van der Waals surface area (Å²) in [7, 11) is -1.86. The number of fused-ring (bicyclic) bond motifs is 2. The number of rotatable bonds is 4. The molecule has 3 N–H and O–H groups in total. The molecule has 0 radical (unpaired) electrons. The Bertz CT molecular complexity index is 543. The molecule has 140 valence electrons. The Hall–Kier alpha value is -0.370. The van der Waals surface area contributed by atoms with Crippen LogP contribution < -0.4 is 10.5 Å². The quantitative estimate of drug-likeness (QED) is 0.765. The highest BCUT2D eigenvalue weighted by Crippen LogP contribution is 2.43. The van der Waals surface area contributed by atoms with Crippen LogP contribution in [0.15, 0.2) is 0 Å². The normalized spacial score (nSPS) is 36.2. The molecule has 1 saturated heterocycles. The van der Waals surface area contributed by atoms with Gasteiger partial charge in [0.05, 0.1) is 5.75 Å². The van der Waals surface area contributed by atoms with Gasteiger partial charge in [-0.15, -0.1) is 12.4 Å². The van der Waals surface area contributed by atoms with Crippen molar-refractivity contribution in [1.82, 2.24) is 9.62 Å². The van der Waals surface area contributed by atoms with Crippen LogP contribution in [0.4, 0.5) is 0 Å². The number of nitrogens with zero attached hydrogens (tertiary/aromatic N) is 1. The number of amides is 1. The minimum Gasteiger partial charge on any atom is -0.338 e. The lowest BCUT2D eigenvalue weighted by Gasteiger charge is -2.44. The second kappa shape index (κ2) is 7.89. The van der Waals surface area contributed by atoms with Crippen molar-refractivity contribution < 1.29 is 13.2 Å². The Morgan fingerprint density at radius 1 is 1.17 bits per heavy atom. The third kappa shape index (κ3) is 4.06. The number of nitrogens with one attached hydrogen (secondary N) is 1. The van der Waals surface area contributed by atoms with Gasteiger partial charge in [-0.05, 0) is 57.4 Å². The summed E-state index contributed by atoms with van der Waals surface area (Å²) in [5.74, 6) is 1.18.